The van der Waals surface area contributed by atoms with Gasteiger partial charge in [0.2, 0.25) is 0 Å². The first-order valence-corrected chi connectivity index (χ1v) is 5.29. The lowest BCUT2D eigenvalue weighted by molar-refractivity contribution is -0.137. The summed E-state index contributed by atoms with van der Waals surface area (Å²) in [6.45, 7) is 0. The van der Waals surface area contributed by atoms with Crippen LogP contribution in [0.15, 0.2) is 48.3 Å². The maximum atomic E-state index is 12.1. The molecule has 0 saturated heterocycles. The number of phenols is 1. The molecular formula is C13H12O5. The minimum atomic E-state index is -2.38. The average molecular weight is 248 g/mol. The number of carbonyl (C=O) groups excluding carboxylic acids is 1. The summed E-state index contributed by atoms with van der Waals surface area (Å²) in [4.78, 5) is 12.1. The molecule has 5 heteroatoms. The van der Waals surface area contributed by atoms with Crippen LogP contribution >= 0.6 is 0 Å². The van der Waals surface area contributed by atoms with Crippen LogP contribution in [0.2, 0.25) is 0 Å². The molecule has 18 heavy (non-hydrogen) atoms. The summed E-state index contributed by atoms with van der Waals surface area (Å²) in [5, 5.41) is 38.2. The van der Waals surface area contributed by atoms with Crippen molar-refractivity contribution < 1.29 is 25.2 Å². The van der Waals surface area contributed by atoms with Gasteiger partial charge in [-0.15, -0.1) is 0 Å². The fraction of sp³-hybridized carbons (Fsp3) is 0.154. The van der Waals surface area contributed by atoms with Crippen molar-refractivity contribution in [3.05, 3.63) is 53.8 Å². The van der Waals surface area contributed by atoms with Gasteiger partial charge in [0, 0.05) is 0 Å². The summed E-state index contributed by atoms with van der Waals surface area (Å²) in [6, 6.07) is 5.79. The fourth-order valence-electron chi connectivity index (χ4n) is 1.78. The molecule has 0 aliphatic heterocycles. The number of carbonyl (C=O) groups is 1. The zero-order chi connectivity index (χ0) is 13.3. The smallest absolute Gasteiger partial charge is 0.197 e. The number of benzene rings is 1. The number of hydrogen-bond acceptors (Lipinski definition) is 5. The molecule has 2 rings (SSSR count). The molecule has 0 amide bonds. The molecule has 0 aromatic heterocycles. The number of aromatic hydroxyl groups is 1. The van der Waals surface area contributed by atoms with Crippen molar-refractivity contribution in [3.63, 3.8) is 0 Å². The van der Waals surface area contributed by atoms with Gasteiger partial charge in [-0.25, -0.2) is 0 Å². The van der Waals surface area contributed by atoms with Gasteiger partial charge in [0.1, 0.15) is 17.4 Å². The Labute approximate surface area is 103 Å². The van der Waals surface area contributed by atoms with Crippen LogP contribution in [0.5, 0.6) is 5.75 Å². The van der Waals surface area contributed by atoms with Gasteiger partial charge in [-0.2, -0.15) is 0 Å². The van der Waals surface area contributed by atoms with E-state index in [0.717, 1.165) is 18.2 Å². The highest BCUT2D eigenvalue weighted by atomic mass is 16.5. The van der Waals surface area contributed by atoms with Gasteiger partial charge in [0.25, 0.3) is 0 Å². The standard InChI is InChI=1S/C13H12O5/c14-8-5-6-13(17,18)10(7-8)12(16)9-3-1-2-4-11(9)15/h1-7,10,14-15,17-18H. The molecule has 1 aliphatic carbocycles. The molecule has 1 aliphatic rings. The molecular weight excluding hydrogens is 236 g/mol. The minimum Gasteiger partial charge on any atom is -0.508 e. The molecule has 0 spiro atoms. The van der Waals surface area contributed by atoms with Gasteiger partial charge in [-0.05, 0) is 30.4 Å². The number of rotatable bonds is 2. The second-order valence-corrected chi connectivity index (χ2v) is 4.07. The number of hydrogen-bond donors (Lipinski definition) is 4. The Balaban J connectivity index is 2.40. The van der Waals surface area contributed by atoms with Crippen molar-refractivity contribution in [1.82, 2.24) is 0 Å². The van der Waals surface area contributed by atoms with E-state index in [4.69, 9.17) is 0 Å². The molecule has 0 radical (unpaired) electrons. The van der Waals surface area contributed by atoms with Crippen molar-refractivity contribution in [2.24, 2.45) is 5.92 Å². The molecule has 5 nitrogen and oxygen atoms in total. The fourth-order valence-corrected chi connectivity index (χ4v) is 1.78. The molecule has 1 aromatic rings. The Bertz CT molecular complexity index is 542. The van der Waals surface area contributed by atoms with Gasteiger partial charge in [0.15, 0.2) is 11.6 Å². The highest BCUT2D eigenvalue weighted by Crippen LogP contribution is 2.30. The van der Waals surface area contributed by atoms with Gasteiger partial charge >= 0.3 is 0 Å². The van der Waals surface area contributed by atoms with E-state index in [1.165, 1.54) is 12.1 Å². The Hall–Kier alpha value is -2.11. The normalized spacial score (nSPS) is 21.4. The van der Waals surface area contributed by atoms with Crippen LogP contribution in [0.25, 0.3) is 0 Å². The molecule has 94 valence electrons. The second-order valence-electron chi connectivity index (χ2n) is 4.07. The van der Waals surface area contributed by atoms with Crippen molar-refractivity contribution >= 4 is 5.78 Å². The van der Waals surface area contributed by atoms with Gasteiger partial charge in [0.05, 0.1) is 5.56 Å². The number of Topliss-reactive ketones (excluding diaryl/α,β-unsaturated/α-hetero) is 1. The number of para-hydroxylation sites is 1. The molecule has 1 aromatic carbocycles. The van der Waals surface area contributed by atoms with E-state index in [1.54, 1.807) is 12.1 Å². The van der Waals surface area contributed by atoms with Crippen molar-refractivity contribution in [2.45, 2.75) is 5.79 Å². The molecule has 0 bridgehead atoms. The first-order chi connectivity index (χ1) is 8.42. The van der Waals surface area contributed by atoms with Crippen molar-refractivity contribution in [2.75, 3.05) is 0 Å². The first kappa shape index (κ1) is 12.3. The number of allylic oxidation sites excluding steroid dienone is 1. The van der Waals surface area contributed by atoms with E-state index in [2.05, 4.69) is 0 Å². The molecule has 0 saturated carbocycles. The van der Waals surface area contributed by atoms with Crippen LogP contribution in [0.4, 0.5) is 0 Å². The molecule has 4 N–H and O–H groups in total. The van der Waals surface area contributed by atoms with Crippen LogP contribution in [-0.4, -0.2) is 32.0 Å². The quantitative estimate of drug-likeness (QED) is 0.460. The maximum Gasteiger partial charge on any atom is 0.197 e. The third kappa shape index (κ3) is 2.13. The van der Waals surface area contributed by atoms with Crippen LogP contribution < -0.4 is 0 Å². The van der Waals surface area contributed by atoms with E-state index in [1.807, 2.05) is 0 Å². The topological polar surface area (TPSA) is 98.0 Å². The lowest BCUT2D eigenvalue weighted by Crippen LogP contribution is -2.41. The Morgan fingerprint density at radius 1 is 1.17 bits per heavy atom. The van der Waals surface area contributed by atoms with Crippen molar-refractivity contribution in [1.29, 1.82) is 0 Å². The average Bonchev–Trinajstić information content (AvgIpc) is 2.32. The van der Waals surface area contributed by atoms with Gasteiger partial charge < -0.3 is 20.4 Å². The zero-order valence-electron chi connectivity index (χ0n) is 9.32. The summed E-state index contributed by atoms with van der Waals surface area (Å²) in [5.74, 6) is -4.92. The summed E-state index contributed by atoms with van der Waals surface area (Å²) >= 11 is 0. The van der Waals surface area contributed by atoms with E-state index < -0.39 is 17.5 Å². The Morgan fingerprint density at radius 2 is 1.83 bits per heavy atom. The summed E-state index contributed by atoms with van der Waals surface area (Å²) in [5.41, 5.74) is -0.0330. The summed E-state index contributed by atoms with van der Waals surface area (Å²) < 4.78 is 0. The molecule has 0 fully saturated rings. The number of aliphatic hydroxyl groups is 3. The van der Waals surface area contributed by atoms with Crippen LogP contribution in [0.3, 0.4) is 0 Å². The SMILES string of the molecule is O=C(c1ccccc1O)C1C=C(O)C=CC1(O)O. The number of phenolic OH excluding ortho intramolecular Hbond substituents is 1. The lowest BCUT2D eigenvalue weighted by Gasteiger charge is -2.27. The van der Waals surface area contributed by atoms with Crippen LogP contribution in [-0.2, 0) is 0 Å². The van der Waals surface area contributed by atoms with E-state index in [9.17, 15) is 25.2 Å². The van der Waals surface area contributed by atoms with Crippen LogP contribution in [0, 0.1) is 5.92 Å². The lowest BCUT2D eigenvalue weighted by atomic mass is 9.86. The zero-order valence-corrected chi connectivity index (χ0v) is 9.32. The predicted molar refractivity (Wildman–Crippen MR) is 62.9 cm³/mol. The summed E-state index contributed by atoms with van der Waals surface area (Å²) in [6.07, 6.45) is 3.05. The van der Waals surface area contributed by atoms with Crippen LogP contribution in [0.1, 0.15) is 10.4 Å². The van der Waals surface area contributed by atoms with Gasteiger partial charge in [-0.3, -0.25) is 4.79 Å². The Kier molecular flexibility index (Phi) is 2.94. The van der Waals surface area contributed by atoms with Crippen molar-refractivity contribution in [3.8, 4) is 5.75 Å². The number of aliphatic hydroxyl groups excluding tert-OH is 1. The highest BCUT2D eigenvalue weighted by molar-refractivity contribution is 6.02. The highest BCUT2D eigenvalue weighted by Gasteiger charge is 2.39. The maximum absolute atomic E-state index is 12.1. The van der Waals surface area contributed by atoms with E-state index in [0.29, 0.717) is 0 Å². The second kappa shape index (κ2) is 4.29. The predicted octanol–water partition coefficient (Wildman–Crippen LogP) is 0.884. The third-order valence-corrected chi connectivity index (χ3v) is 2.75. The third-order valence-electron chi connectivity index (χ3n) is 2.75. The Morgan fingerprint density at radius 3 is 2.50 bits per heavy atom. The van der Waals surface area contributed by atoms with E-state index in [-0.39, 0.29) is 17.1 Å². The molecule has 1 atom stereocenters. The number of ketones is 1. The largest absolute Gasteiger partial charge is 0.508 e. The minimum absolute atomic E-state index is 0.0330. The van der Waals surface area contributed by atoms with E-state index >= 15 is 0 Å². The molecule has 0 heterocycles. The summed E-state index contributed by atoms with van der Waals surface area (Å²) in [7, 11) is 0. The first-order valence-electron chi connectivity index (χ1n) is 5.29. The monoisotopic (exact) mass is 248 g/mol. The molecule has 1 unspecified atom stereocenters. The van der Waals surface area contributed by atoms with Gasteiger partial charge in [-0.1, -0.05) is 12.1 Å².